The van der Waals surface area contributed by atoms with Crippen LogP contribution < -0.4 is 0 Å². The van der Waals surface area contributed by atoms with Crippen molar-refractivity contribution in [3.63, 3.8) is 0 Å². The van der Waals surface area contributed by atoms with Crippen LogP contribution in [0.2, 0.25) is 0 Å². The van der Waals surface area contributed by atoms with Gasteiger partial charge in [0.1, 0.15) is 5.78 Å². The van der Waals surface area contributed by atoms with Crippen LogP contribution in [0.5, 0.6) is 0 Å². The lowest BCUT2D eigenvalue weighted by Gasteiger charge is -2.11. The summed E-state index contributed by atoms with van der Waals surface area (Å²) < 4.78 is 0. The topological polar surface area (TPSA) is 17.1 Å². The molecule has 0 aromatic carbocycles. The molecule has 2 aliphatic rings. The lowest BCUT2D eigenvalue weighted by atomic mass is 9.92. The molecule has 1 heteroatoms. The fourth-order valence-electron chi connectivity index (χ4n) is 2.57. The number of hydrogen-bond acceptors (Lipinski definition) is 1. The minimum atomic E-state index is 0.307. The number of carbonyl (C=O) groups is 1. The third-order valence-corrected chi connectivity index (χ3v) is 3.34. The van der Waals surface area contributed by atoms with Crippen molar-refractivity contribution in [2.24, 2.45) is 17.8 Å². The van der Waals surface area contributed by atoms with Gasteiger partial charge in [0.15, 0.2) is 0 Å². The smallest absolute Gasteiger partial charge is 0.136 e. The molecule has 0 spiro atoms. The molecule has 0 aromatic heterocycles. The molecule has 0 aromatic rings. The van der Waals surface area contributed by atoms with Gasteiger partial charge in [-0.05, 0) is 31.1 Å². The van der Waals surface area contributed by atoms with Crippen LogP contribution in [0.3, 0.4) is 0 Å². The summed E-state index contributed by atoms with van der Waals surface area (Å²) >= 11 is 0. The predicted octanol–water partition coefficient (Wildman–Crippen LogP) is 2.73. The third kappa shape index (κ3) is 1.60. The van der Waals surface area contributed by atoms with Crippen LogP contribution >= 0.6 is 0 Å². The Morgan fingerprint density at radius 3 is 3.08 bits per heavy atom. The van der Waals surface area contributed by atoms with Gasteiger partial charge in [-0.1, -0.05) is 18.2 Å². The highest BCUT2D eigenvalue weighted by atomic mass is 16.1. The van der Waals surface area contributed by atoms with Gasteiger partial charge in [-0.15, -0.1) is 6.58 Å². The first-order chi connectivity index (χ1) is 6.31. The van der Waals surface area contributed by atoms with E-state index in [0.29, 0.717) is 23.5 Å². The minimum absolute atomic E-state index is 0.307. The van der Waals surface area contributed by atoms with E-state index in [9.17, 15) is 4.79 Å². The van der Waals surface area contributed by atoms with Crippen molar-refractivity contribution in [2.75, 3.05) is 0 Å². The van der Waals surface area contributed by atoms with Crippen LogP contribution in [-0.4, -0.2) is 5.78 Å². The van der Waals surface area contributed by atoms with Gasteiger partial charge in [0.2, 0.25) is 0 Å². The Balaban J connectivity index is 2.16. The molecule has 70 valence electrons. The molecular formula is C12H16O. The number of Topliss-reactive ketones (excluding diaryl/α,β-unsaturated/α-hetero) is 1. The molecule has 2 aliphatic carbocycles. The molecule has 0 N–H and O–H groups in total. The largest absolute Gasteiger partial charge is 0.299 e. The van der Waals surface area contributed by atoms with Crippen molar-refractivity contribution in [1.29, 1.82) is 0 Å². The van der Waals surface area contributed by atoms with Crippen molar-refractivity contribution < 1.29 is 4.79 Å². The van der Waals surface area contributed by atoms with E-state index in [2.05, 4.69) is 18.7 Å². The van der Waals surface area contributed by atoms with Crippen molar-refractivity contribution >= 4 is 5.78 Å². The molecule has 0 heterocycles. The fourth-order valence-corrected chi connectivity index (χ4v) is 2.57. The van der Waals surface area contributed by atoms with Crippen molar-refractivity contribution in [2.45, 2.75) is 25.7 Å². The van der Waals surface area contributed by atoms with E-state index in [0.717, 1.165) is 25.7 Å². The van der Waals surface area contributed by atoms with Gasteiger partial charge in [-0.2, -0.15) is 0 Å². The van der Waals surface area contributed by atoms with E-state index in [1.54, 1.807) is 0 Å². The standard InChI is InChI=1S/C12H16O/c1-2-9-7-10-5-3-4-6-12(13)11(10)8-9/h2-3,5,9-11H,1,4,6-8H2/t9-,10+,11-/m0/s1. The molecule has 3 atom stereocenters. The highest BCUT2D eigenvalue weighted by Gasteiger charge is 2.36. The first-order valence-corrected chi connectivity index (χ1v) is 5.13. The number of allylic oxidation sites excluding steroid dienone is 3. The zero-order valence-corrected chi connectivity index (χ0v) is 7.91. The quantitative estimate of drug-likeness (QED) is 0.561. The van der Waals surface area contributed by atoms with E-state index in [1.807, 2.05) is 6.08 Å². The molecule has 2 rings (SSSR count). The molecule has 0 amide bonds. The van der Waals surface area contributed by atoms with Crippen LogP contribution in [0, 0.1) is 17.8 Å². The average Bonchev–Trinajstić information content (AvgIpc) is 2.48. The summed E-state index contributed by atoms with van der Waals surface area (Å²) in [4.78, 5) is 11.7. The molecule has 0 unspecified atom stereocenters. The molecular weight excluding hydrogens is 160 g/mol. The maximum absolute atomic E-state index is 11.7. The third-order valence-electron chi connectivity index (χ3n) is 3.34. The Morgan fingerprint density at radius 1 is 1.46 bits per heavy atom. The van der Waals surface area contributed by atoms with E-state index >= 15 is 0 Å². The number of hydrogen-bond donors (Lipinski definition) is 0. The molecule has 0 aliphatic heterocycles. The van der Waals surface area contributed by atoms with Crippen LogP contribution in [0.15, 0.2) is 24.8 Å². The second-order valence-electron chi connectivity index (χ2n) is 4.17. The summed E-state index contributed by atoms with van der Waals surface area (Å²) in [7, 11) is 0. The van der Waals surface area contributed by atoms with Crippen LogP contribution in [0.1, 0.15) is 25.7 Å². The van der Waals surface area contributed by atoms with Gasteiger partial charge in [0.25, 0.3) is 0 Å². The summed E-state index contributed by atoms with van der Waals surface area (Å²) in [5.41, 5.74) is 0. The molecule has 0 saturated heterocycles. The van der Waals surface area contributed by atoms with E-state index < -0.39 is 0 Å². The first kappa shape index (κ1) is 8.74. The number of carbonyl (C=O) groups excluding carboxylic acids is 1. The SMILES string of the molecule is C=C[C@H]1C[C@H]2C=CCCC(=O)[C@H]2C1. The summed E-state index contributed by atoms with van der Waals surface area (Å²) in [6.07, 6.45) is 10.3. The Labute approximate surface area is 79.5 Å². The Bertz CT molecular complexity index is 252. The zero-order valence-electron chi connectivity index (χ0n) is 7.91. The lowest BCUT2D eigenvalue weighted by molar-refractivity contribution is -0.123. The highest BCUT2D eigenvalue weighted by Crippen LogP contribution is 2.40. The zero-order chi connectivity index (χ0) is 9.26. The van der Waals surface area contributed by atoms with Crippen LogP contribution in [-0.2, 0) is 4.79 Å². The monoisotopic (exact) mass is 176 g/mol. The molecule has 1 nitrogen and oxygen atoms in total. The minimum Gasteiger partial charge on any atom is -0.299 e. The van der Waals surface area contributed by atoms with Gasteiger partial charge in [0, 0.05) is 12.3 Å². The Kier molecular flexibility index (Phi) is 2.34. The van der Waals surface area contributed by atoms with E-state index in [4.69, 9.17) is 0 Å². The number of fused-ring (bicyclic) bond motifs is 1. The maximum atomic E-state index is 11.7. The summed E-state index contributed by atoms with van der Waals surface area (Å²) in [6, 6.07) is 0. The number of ketones is 1. The predicted molar refractivity (Wildman–Crippen MR) is 53.3 cm³/mol. The van der Waals surface area contributed by atoms with Crippen molar-refractivity contribution in [3.05, 3.63) is 24.8 Å². The second-order valence-corrected chi connectivity index (χ2v) is 4.17. The number of rotatable bonds is 1. The molecule has 1 saturated carbocycles. The van der Waals surface area contributed by atoms with Crippen molar-refractivity contribution in [3.8, 4) is 0 Å². The first-order valence-electron chi connectivity index (χ1n) is 5.13. The second kappa shape index (κ2) is 3.49. The lowest BCUT2D eigenvalue weighted by Crippen LogP contribution is -2.15. The summed E-state index contributed by atoms with van der Waals surface area (Å²) in [5.74, 6) is 1.86. The molecule has 0 radical (unpaired) electrons. The van der Waals surface area contributed by atoms with Gasteiger partial charge >= 0.3 is 0 Å². The van der Waals surface area contributed by atoms with Gasteiger partial charge in [-0.25, -0.2) is 0 Å². The molecule has 13 heavy (non-hydrogen) atoms. The molecule has 1 fully saturated rings. The van der Waals surface area contributed by atoms with Crippen molar-refractivity contribution in [1.82, 2.24) is 0 Å². The van der Waals surface area contributed by atoms with E-state index in [-0.39, 0.29) is 0 Å². The maximum Gasteiger partial charge on any atom is 0.136 e. The summed E-state index contributed by atoms with van der Waals surface area (Å²) in [6.45, 7) is 3.81. The summed E-state index contributed by atoms with van der Waals surface area (Å²) in [5, 5.41) is 0. The van der Waals surface area contributed by atoms with Crippen LogP contribution in [0.4, 0.5) is 0 Å². The Hall–Kier alpha value is -0.850. The molecule has 0 bridgehead atoms. The average molecular weight is 176 g/mol. The fraction of sp³-hybridized carbons (Fsp3) is 0.583. The van der Waals surface area contributed by atoms with Gasteiger partial charge in [-0.3, -0.25) is 4.79 Å². The van der Waals surface area contributed by atoms with Crippen LogP contribution in [0.25, 0.3) is 0 Å². The van der Waals surface area contributed by atoms with E-state index in [1.165, 1.54) is 0 Å². The highest BCUT2D eigenvalue weighted by molar-refractivity contribution is 5.82. The Morgan fingerprint density at radius 2 is 2.31 bits per heavy atom. The normalized spacial score (nSPS) is 38.5. The van der Waals surface area contributed by atoms with Gasteiger partial charge < -0.3 is 0 Å². The van der Waals surface area contributed by atoms with Gasteiger partial charge in [0.05, 0.1) is 0 Å².